The quantitative estimate of drug-likeness (QED) is 0.259. The minimum atomic E-state index is -2.92. The topological polar surface area (TPSA) is 58.1 Å². The molecule has 1 rings (SSSR count). The van der Waals surface area contributed by atoms with Gasteiger partial charge in [-0.15, -0.1) is 24.0 Å². The Bertz CT molecular complexity index is 616. The van der Waals surface area contributed by atoms with Crippen LogP contribution in [0.15, 0.2) is 23.2 Å². The highest BCUT2D eigenvalue weighted by Crippen LogP contribution is 2.32. The van der Waals surface area contributed by atoms with E-state index in [0.29, 0.717) is 35.8 Å². The minimum absolute atomic E-state index is 0. The second-order valence-electron chi connectivity index (χ2n) is 7.11. The molecule has 0 amide bonds. The Morgan fingerprint density at radius 2 is 1.90 bits per heavy atom. The van der Waals surface area contributed by atoms with Crippen LogP contribution in [-0.4, -0.2) is 57.8 Å². The number of para-hydroxylation sites is 1. The highest BCUT2D eigenvalue weighted by molar-refractivity contribution is 14.0. The second-order valence-corrected chi connectivity index (χ2v) is 7.11. The standard InChI is InChI=1S/C20H34F2N4O2.HI/c1-7-27-17-10-8-9-15(18(17)28-19(21)22)12-24-20(23-4)25-13-16(26(5)6)11-14(2)3;/h8-10,14,16,19H,7,11-13H2,1-6H3,(H2,23,24,25);1H. The molecule has 1 aromatic carbocycles. The van der Waals surface area contributed by atoms with Gasteiger partial charge in [-0.25, -0.2) is 0 Å². The number of halogens is 3. The van der Waals surface area contributed by atoms with Crippen molar-refractivity contribution >= 4 is 29.9 Å². The van der Waals surface area contributed by atoms with Crippen LogP contribution in [0.3, 0.4) is 0 Å². The van der Waals surface area contributed by atoms with Crippen molar-refractivity contribution in [3.8, 4) is 11.5 Å². The Hall–Kier alpha value is -1.36. The molecule has 0 heterocycles. The van der Waals surface area contributed by atoms with Gasteiger partial charge in [-0.3, -0.25) is 4.99 Å². The van der Waals surface area contributed by atoms with Crippen LogP contribution < -0.4 is 20.1 Å². The molecule has 9 heteroatoms. The van der Waals surface area contributed by atoms with Crippen molar-refractivity contribution in [3.63, 3.8) is 0 Å². The lowest BCUT2D eigenvalue weighted by atomic mass is 10.0. The van der Waals surface area contributed by atoms with Crippen molar-refractivity contribution in [2.75, 3.05) is 34.3 Å². The zero-order valence-corrected chi connectivity index (χ0v) is 20.5. The lowest BCUT2D eigenvalue weighted by Crippen LogP contribution is -2.45. The first-order valence-electron chi connectivity index (χ1n) is 9.58. The summed E-state index contributed by atoms with van der Waals surface area (Å²) in [7, 11) is 5.78. The smallest absolute Gasteiger partial charge is 0.387 e. The Balaban J connectivity index is 0.00000784. The molecule has 0 radical (unpaired) electrons. The molecule has 0 aromatic heterocycles. The van der Waals surface area contributed by atoms with Crippen molar-refractivity contribution in [2.45, 2.75) is 46.4 Å². The fraction of sp³-hybridized carbons (Fsp3) is 0.650. The number of nitrogens with one attached hydrogen (secondary N) is 2. The molecule has 0 spiro atoms. The molecule has 29 heavy (non-hydrogen) atoms. The summed E-state index contributed by atoms with van der Waals surface area (Å²) < 4.78 is 35.8. The monoisotopic (exact) mass is 528 g/mol. The van der Waals surface area contributed by atoms with Gasteiger partial charge >= 0.3 is 6.61 Å². The molecule has 0 aliphatic rings. The Morgan fingerprint density at radius 3 is 2.41 bits per heavy atom. The zero-order valence-electron chi connectivity index (χ0n) is 18.2. The van der Waals surface area contributed by atoms with Gasteiger partial charge in [0.25, 0.3) is 0 Å². The van der Waals surface area contributed by atoms with Crippen LogP contribution in [0, 0.1) is 5.92 Å². The van der Waals surface area contributed by atoms with Crippen molar-refractivity contribution in [1.29, 1.82) is 0 Å². The van der Waals surface area contributed by atoms with Gasteiger partial charge in [-0.1, -0.05) is 26.0 Å². The summed E-state index contributed by atoms with van der Waals surface area (Å²) in [6.07, 6.45) is 1.06. The zero-order chi connectivity index (χ0) is 21.1. The van der Waals surface area contributed by atoms with Crippen LogP contribution in [0.25, 0.3) is 0 Å². The summed E-state index contributed by atoms with van der Waals surface area (Å²) in [6, 6.07) is 5.45. The van der Waals surface area contributed by atoms with E-state index < -0.39 is 6.61 Å². The molecule has 0 fully saturated rings. The van der Waals surface area contributed by atoms with Gasteiger partial charge in [0, 0.05) is 31.7 Å². The van der Waals surface area contributed by atoms with Crippen molar-refractivity contribution in [2.24, 2.45) is 10.9 Å². The highest BCUT2D eigenvalue weighted by atomic mass is 127. The van der Waals surface area contributed by atoms with E-state index in [2.05, 4.69) is 48.5 Å². The Morgan fingerprint density at radius 1 is 1.21 bits per heavy atom. The van der Waals surface area contributed by atoms with Gasteiger partial charge in [0.05, 0.1) is 6.61 Å². The summed E-state index contributed by atoms with van der Waals surface area (Å²) in [6.45, 7) is 4.63. The molecule has 0 aliphatic heterocycles. The lowest BCUT2D eigenvalue weighted by Gasteiger charge is -2.27. The van der Waals surface area contributed by atoms with Crippen LogP contribution in [0.2, 0.25) is 0 Å². The Kier molecular flexibility index (Phi) is 13.9. The van der Waals surface area contributed by atoms with Crippen molar-refractivity contribution in [1.82, 2.24) is 15.5 Å². The van der Waals surface area contributed by atoms with Crippen LogP contribution in [0.1, 0.15) is 32.8 Å². The van der Waals surface area contributed by atoms with Gasteiger partial charge in [-0.05, 0) is 39.4 Å². The SMILES string of the molecule is CCOc1cccc(CNC(=NC)NCC(CC(C)C)N(C)C)c1OC(F)F.I. The maximum atomic E-state index is 12.8. The number of guanidine groups is 1. The van der Waals surface area contributed by atoms with E-state index in [4.69, 9.17) is 9.47 Å². The molecule has 1 aromatic rings. The molecule has 1 unspecified atom stereocenters. The third-order valence-electron chi connectivity index (χ3n) is 4.22. The molecular weight excluding hydrogens is 493 g/mol. The van der Waals surface area contributed by atoms with Crippen molar-refractivity contribution < 1.29 is 18.3 Å². The summed E-state index contributed by atoms with van der Waals surface area (Å²) >= 11 is 0. The number of likely N-dealkylation sites (N-methyl/N-ethyl adjacent to an activating group) is 1. The fourth-order valence-corrected chi connectivity index (χ4v) is 2.83. The second kappa shape index (κ2) is 14.6. The fourth-order valence-electron chi connectivity index (χ4n) is 2.83. The predicted molar refractivity (Wildman–Crippen MR) is 125 cm³/mol. The first kappa shape index (κ1) is 27.6. The van der Waals surface area contributed by atoms with Crippen LogP contribution in [0.5, 0.6) is 11.5 Å². The number of hydrogen-bond acceptors (Lipinski definition) is 4. The first-order valence-corrected chi connectivity index (χ1v) is 9.58. The summed E-state index contributed by atoms with van der Waals surface area (Å²) in [4.78, 5) is 6.40. The van der Waals surface area contributed by atoms with E-state index in [-0.39, 0.29) is 36.3 Å². The maximum Gasteiger partial charge on any atom is 0.387 e. The van der Waals surface area contributed by atoms with Gasteiger partial charge < -0.3 is 25.0 Å². The number of benzene rings is 1. The molecule has 2 N–H and O–H groups in total. The van der Waals surface area contributed by atoms with Crippen LogP contribution in [0.4, 0.5) is 8.78 Å². The largest absolute Gasteiger partial charge is 0.490 e. The normalized spacial score (nSPS) is 12.7. The number of alkyl halides is 2. The summed E-state index contributed by atoms with van der Waals surface area (Å²) in [5, 5.41) is 6.46. The summed E-state index contributed by atoms with van der Waals surface area (Å²) in [5.74, 6) is 1.53. The van der Waals surface area contributed by atoms with Crippen molar-refractivity contribution in [3.05, 3.63) is 23.8 Å². The number of hydrogen-bond donors (Lipinski definition) is 2. The van der Waals surface area contributed by atoms with E-state index in [0.717, 1.165) is 13.0 Å². The molecule has 0 aliphatic carbocycles. The van der Waals surface area contributed by atoms with E-state index in [1.807, 2.05) is 0 Å². The molecular formula is C20H35F2IN4O2. The highest BCUT2D eigenvalue weighted by Gasteiger charge is 2.17. The molecule has 0 bridgehead atoms. The lowest BCUT2D eigenvalue weighted by molar-refractivity contribution is -0.0520. The van der Waals surface area contributed by atoms with Gasteiger partial charge in [0.1, 0.15) is 0 Å². The molecule has 0 saturated carbocycles. The minimum Gasteiger partial charge on any atom is -0.490 e. The first-order chi connectivity index (χ1) is 13.3. The van der Waals surface area contributed by atoms with E-state index in [1.54, 1.807) is 32.2 Å². The third kappa shape index (κ3) is 10.3. The summed E-state index contributed by atoms with van der Waals surface area (Å²) in [5.41, 5.74) is 0.570. The van der Waals surface area contributed by atoms with Gasteiger partial charge in [0.15, 0.2) is 17.5 Å². The van der Waals surface area contributed by atoms with Gasteiger partial charge in [-0.2, -0.15) is 8.78 Å². The maximum absolute atomic E-state index is 12.8. The van der Waals surface area contributed by atoms with Crippen LogP contribution >= 0.6 is 24.0 Å². The molecule has 168 valence electrons. The molecule has 1 atom stereocenters. The molecule has 0 saturated heterocycles. The molecule has 6 nitrogen and oxygen atoms in total. The number of rotatable bonds is 11. The third-order valence-corrected chi connectivity index (χ3v) is 4.22. The Labute approximate surface area is 190 Å². The average molecular weight is 528 g/mol. The number of ether oxygens (including phenoxy) is 2. The van der Waals surface area contributed by atoms with Gasteiger partial charge in [0.2, 0.25) is 0 Å². The van der Waals surface area contributed by atoms with E-state index in [1.165, 1.54) is 0 Å². The van der Waals surface area contributed by atoms with E-state index in [9.17, 15) is 8.78 Å². The number of aliphatic imine (C=N–C) groups is 1. The number of nitrogens with zero attached hydrogens (tertiary/aromatic N) is 2. The predicted octanol–water partition coefficient (Wildman–Crippen LogP) is 3.95. The van der Waals surface area contributed by atoms with Crippen LogP contribution in [-0.2, 0) is 6.54 Å². The van der Waals surface area contributed by atoms with E-state index >= 15 is 0 Å². The average Bonchev–Trinajstić information content (AvgIpc) is 2.62.